The van der Waals surface area contributed by atoms with E-state index in [2.05, 4.69) is 15.5 Å². The molecular formula is C16H16FN3O3S. The molecule has 1 aromatic heterocycles. The molecule has 0 unspecified atom stereocenters. The molecule has 2 aromatic rings. The highest BCUT2D eigenvalue weighted by atomic mass is 32.2. The van der Waals surface area contributed by atoms with E-state index >= 15 is 0 Å². The van der Waals surface area contributed by atoms with Crippen molar-refractivity contribution in [1.29, 1.82) is 0 Å². The van der Waals surface area contributed by atoms with Gasteiger partial charge in [-0.15, -0.1) is 10.2 Å². The van der Waals surface area contributed by atoms with E-state index in [4.69, 9.17) is 4.74 Å². The number of halogens is 1. The Hall–Kier alpha value is -2.48. The number of hydrogen-bond donors (Lipinski definition) is 1. The minimum absolute atomic E-state index is 0.187. The fourth-order valence-electron chi connectivity index (χ4n) is 1.84. The van der Waals surface area contributed by atoms with Crippen LogP contribution in [0.4, 0.5) is 10.2 Å². The summed E-state index contributed by atoms with van der Waals surface area (Å²) >= 11 is 1.24. The van der Waals surface area contributed by atoms with E-state index in [-0.39, 0.29) is 22.6 Å². The minimum Gasteiger partial charge on any atom is -0.468 e. The summed E-state index contributed by atoms with van der Waals surface area (Å²) in [5, 5.41) is 10.6. The largest absolute Gasteiger partial charge is 0.468 e. The molecule has 0 saturated carbocycles. The van der Waals surface area contributed by atoms with E-state index in [1.54, 1.807) is 12.1 Å². The molecule has 2 rings (SSSR count). The maximum Gasteiger partial charge on any atom is 0.319 e. The lowest BCUT2D eigenvalue weighted by atomic mass is 10.2. The average Bonchev–Trinajstić information content (AvgIpc) is 2.60. The Morgan fingerprint density at radius 3 is 2.67 bits per heavy atom. The lowest BCUT2D eigenvalue weighted by Crippen LogP contribution is -2.18. The summed E-state index contributed by atoms with van der Waals surface area (Å²) in [7, 11) is 1.34. The standard InChI is InChI=1S/C16H16FN3O3S/c1-3-12(16(22)23-2)24-14-8-7-13(19-20-14)18-15(21)10-5-4-6-11(17)9-10/h4-9,12H,3H2,1-2H3,(H,18,19,21)/t12-/m1/s1. The summed E-state index contributed by atoms with van der Waals surface area (Å²) in [4.78, 5) is 23.6. The van der Waals surface area contributed by atoms with Gasteiger partial charge < -0.3 is 10.1 Å². The van der Waals surface area contributed by atoms with Crippen molar-refractivity contribution in [2.45, 2.75) is 23.6 Å². The van der Waals surface area contributed by atoms with Crippen LogP contribution in [-0.4, -0.2) is 34.4 Å². The molecule has 1 amide bonds. The van der Waals surface area contributed by atoms with Crippen LogP contribution in [0.25, 0.3) is 0 Å². The average molecular weight is 349 g/mol. The Labute approximate surface area is 142 Å². The summed E-state index contributed by atoms with van der Waals surface area (Å²) in [5.74, 6) is -1.06. The van der Waals surface area contributed by atoms with Gasteiger partial charge in [0.05, 0.1) is 7.11 Å². The quantitative estimate of drug-likeness (QED) is 0.638. The zero-order valence-corrected chi connectivity index (χ0v) is 14.0. The number of nitrogens with one attached hydrogen (secondary N) is 1. The summed E-state index contributed by atoms with van der Waals surface area (Å²) in [6.45, 7) is 1.87. The van der Waals surface area contributed by atoms with Crippen molar-refractivity contribution in [3.63, 3.8) is 0 Å². The van der Waals surface area contributed by atoms with Gasteiger partial charge in [-0.2, -0.15) is 0 Å². The molecule has 0 spiro atoms. The number of carbonyl (C=O) groups is 2. The van der Waals surface area contributed by atoms with Crippen LogP contribution in [0, 0.1) is 5.82 Å². The van der Waals surface area contributed by atoms with E-state index < -0.39 is 11.7 Å². The maximum absolute atomic E-state index is 13.1. The number of anilines is 1. The lowest BCUT2D eigenvalue weighted by molar-refractivity contribution is -0.140. The number of esters is 1. The van der Waals surface area contributed by atoms with Gasteiger partial charge in [0.25, 0.3) is 5.91 Å². The van der Waals surface area contributed by atoms with E-state index in [0.717, 1.165) is 6.07 Å². The number of amides is 1. The van der Waals surface area contributed by atoms with Crippen LogP contribution in [0.2, 0.25) is 0 Å². The summed E-state index contributed by atoms with van der Waals surface area (Å²) < 4.78 is 17.8. The van der Waals surface area contributed by atoms with E-state index in [9.17, 15) is 14.0 Å². The summed E-state index contributed by atoms with van der Waals surface area (Å²) in [5.41, 5.74) is 0.187. The second kappa shape index (κ2) is 8.39. The van der Waals surface area contributed by atoms with Crippen molar-refractivity contribution >= 4 is 29.5 Å². The number of methoxy groups -OCH3 is 1. The molecule has 0 fully saturated rings. The first-order chi connectivity index (χ1) is 11.5. The van der Waals surface area contributed by atoms with Gasteiger partial charge in [0.15, 0.2) is 5.82 Å². The SMILES string of the molecule is CC[C@@H](Sc1ccc(NC(=O)c2cccc(F)c2)nn1)C(=O)OC. The van der Waals surface area contributed by atoms with Crippen molar-refractivity contribution < 1.29 is 18.7 Å². The topological polar surface area (TPSA) is 81.2 Å². The van der Waals surface area contributed by atoms with Gasteiger partial charge in [-0.1, -0.05) is 24.8 Å². The van der Waals surface area contributed by atoms with E-state index in [1.165, 1.54) is 37.1 Å². The first kappa shape index (κ1) is 17.9. The molecule has 24 heavy (non-hydrogen) atoms. The minimum atomic E-state index is -0.492. The predicted octanol–water partition coefficient (Wildman–Crippen LogP) is 2.91. The molecule has 1 aromatic carbocycles. The first-order valence-electron chi connectivity index (χ1n) is 7.18. The van der Waals surface area contributed by atoms with Crippen LogP contribution < -0.4 is 5.32 Å². The monoisotopic (exact) mass is 349 g/mol. The van der Waals surface area contributed by atoms with Gasteiger partial charge in [0.2, 0.25) is 0 Å². The van der Waals surface area contributed by atoms with Gasteiger partial charge >= 0.3 is 5.97 Å². The Balaban J connectivity index is 2.01. The number of benzene rings is 1. The second-order valence-electron chi connectivity index (χ2n) is 4.76. The molecule has 1 N–H and O–H groups in total. The van der Waals surface area contributed by atoms with Gasteiger partial charge in [-0.3, -0.25) is 9.59 Å². The fourth-order valence-corrected chi connectivity index (χ4v) is 2.73. The lowest BCUT2D eigenvalue weighted by Gasteiger charge is -2.11. The highest BCUT2D eigenvalue weighted by molar-refractivity contribution is 8.00. The number of carbonyl (C=O) groups excluding carboxylic acids is 2. The zero-order chi connectivity index (χ0) is 17.5. The van der Waals surface area contributed by atoms with Crippen molar-refractivity contribution in [2.75, 3.05) is 12.4 Å². The van der Waals surface area contributed by atoms with Crippen molar-refractivity contribution in [1.82, 2.24) is 10.2 Å². The van der Waals surface area contributed by atoms with Crippen LogP contribution in [0.15, 0.2) is 41.4 Å². The molecule has 0 bridgehead atoms. The molecular weight excluding hydrogens is 333 g/mol. The predicted molar refractivity (Wildman–Crippen MR) is 88.3 cm³/mol. The number of rotatable bonds is 6. The summed E-state index contributed by atoms with van der Waals surface area (Å²) in [6.07, 6.45) is 0.594. The highest BCUT2D eigenvalue weighted by Crippen LogP contribution is 2.24. The van der Waals surface area contributed by atoms with Crippen LogP contribution in [0.5, 0.6) is 0 Å². The highest BCUT2D eigenvalue weighted by Gasteiger charge is 2.19. The Morgan fingerprint density at radius 1 is 1.29 bits per heavy atom. The Morgan fingerprint density at radius 2 is 2.08 bits per heavy atom. The maximum atomic E-state index is 13.1. The molecule has 0 radical (unpaired) electrons. The third-order valence-corrected chi connectivity index (χ3v) is 4.34. The van der Waals surface area contributed by atoms with Crippen LogP contribution in [0.1, 0.15) is 23.7 Å². The summed E-state index contributed by atoms with van der Waals surface area (Å²) in [6, 6.07) is 8.55. The second-order valence-corrected chi connectivity index (χ2v) is 5.98. The molecule has 0 aliphatic rings. The molecule has 0 saturated heterocycles. The molecule has 1 heterocycles. The number of aromatic nitrogens is 2. The van der Waals surface area contributed by atoms with Gasteiger partial charge in [-0.25, -0.2) is 4.39 Å². The number of thioether (sulfide) groups is 1. The zero-order valence-electron chi connectivity index (χ0n) is 13.2. The van der Waals surface area contributed by atoms with Gasteiger partial charge in [0, 0.05) is 5.56 Å². The van der Waals surface area contributed by atoms with Crippen molar-refractivity contribution in [3.05, 3.63) is 47.8 Å². The number of hydrogen-bond acceptors (Lipinski definition) is 6. The van der Waals surface area contributed by atoms with E-state index in [0.29, 0.717) is 11.4 Å². The first-order valence-corrected chi connectivity index (χ1v) is 8.06. The number of ether oxygens (including phenoxy) is 1. The number of nitrogens with zero attached hydrogens (tertiary/aromatic N) is 2. The fraction of sp³-hybridized carbons (Fsp3) is 0.250. The molecule has 126 valence electrons. The third kappa shape index (κ3) is 4.76. The van der Waals surface area contributed by atoms with Crippen LogP contribution in [-0.2, 0) is 9.53 Å². The third-order valence-electron chi connectivity index (χ3n) is 3.07. The van der Waals surface area contributed by atoms with Crippen molar-refractivity contribution in [2.24, 2.45) is 0 Å². The van der Waals surface area contributed by atoms with Crippen LogP contribution >= 0.6 is 11.8 Å². The smallest absolute Gasteiger partial charge is 0.319 e. The van der Waals surface area contributed by atoms with Crippen molar-refractivity contribution in [3.8, 4) is 0 Å². The molecule has 0 aliphatic carbocycles. The normalized spacial score (nSPS) is 11.6. The Kier molecular flexibility index (Phi) is 6.25. The van der Waals surface area contributed by atoms with Gasteiger partial charge in [0.1, 0.15) is 16.1 Å². The Bertz CT molecular complexity index is 725. The molecule has 0 aliphatic heterocycles. The van der Waals surface area contributed by atoms with E-state index in [1.807, 2.05) is 6.92 Å². The molecule has 6 nitrogen and oxygen atoms in total. The molecule has 8 heteroatoms. The van der Waals surface area contributed by atoms with Crippen LogP contribution in [0.3, 0.4) is 0 Å². The molecule has 1 atom stereocenters. The van der Waals surface area contributed by atoms with Gasteiger partial charge in [-0.05, 0) is 36.8 Å².